The third-order valence-corrected chi connectivity index (χ3v) is 3.44. The third kappa shape index (κ3) is 4.82. The number of nitrogens with zero attached hydrogens (tertiary/aromatic N) is 1. The number of hydrogen-bond donors (Lipinski definition) is 1. The minimum absolute atomic E-state index is 0.188. The van der Waals surface area contributed by atoms with Gasteiger partial charge in [0.15, 0.2) is 0 Å². The molecule has 126 valence electrons. The zero-order valence-electron chi connectivity index (χ0n) is 13.7. The summed E-state index contributed by atoms with van der Waals surface area (Å²) in [6, 6.07) is 16.4. The molecule has 0 saturated carbocycles. The highest BCUT2D eigenvalue weighted by Gasteiger charge is 2.15. The molecule has 0 atom stereocenters. The Kier molecular flexibility index (Phi) is 6.33. The van der Waals surface area contributed by atoms with E-state index in [1.807, 2.05) is 30.3 Å². The first-order valence-electron chi connectivity index (χ1n) is 7.46. The summed E-state index contributed by atoms with van der Waals surface area (Å²) in [7, 11) is 2.94. The van der Waals surface area contributed by atoms with Crippen molar-refractivity contribution in [2.75, 3.05) is 14.2 Å². The van der Waals surface area contributed by atoms with Crippen molar-refractivity contribution in [2.45, 2.75) is 13.2 Å². The van der Waals surface area contributed by atoms with E-state index in [0.29, 0.717) is 11.1 Å². The number of alkyl carbamates (subject to hydrolysis) is 1. The van der Waals surface area contributed by atoms with Gasteiger partial charge < -0.3 is 10.1 Å². The molecule has 0 bridgehead atoms. The quantitative estimate of drug-likeness (QED) is 0.828. The first kappa shape index (κ1) is 17.5. The maximum Gasteiger partial charge on any atom is 0.407 e. The SMILES string of the molecule is CON(C)C(=O)c1ccccc1CNC(=O)OCc1ccccc1. The van der Waals surface area contributed by atoms with E-state index in [9.17, 15) is 9.59 Å². The molecule has 0 spiro atoms. The maximum atomic E-state index is 12.2. The van der Waals surface area contributed by atoms with Crippen molar-refractivity contribution in [3.05, 3.63) is 71.3 Å². The molecular formula is C18H20N2O4. The monoisotopic (exact) mass is 328 g/mol. The number of rotatable bonds is 6. The summed E-state index contributed by atoms with van der Waals surface area (Å²) in [6.45, 7) is 0.382. The minimum atomic E-state index is -0.541. The molecule has 0 aliphatic heterocycles. The predicted octanol–water partition coefficient (Wildman–Crippen LogP) is 2.75. The summed E-state index contributed by atoms with van der Waals surface area (Å²) in [5.41, 5.74) is 2.05. The Hall–Kier alpha value is -2.86. The van der Waals surface area contributed by atoms with E-state index in [2.05, 4.69) is 5.32 Å². The molecule has 6 nitrogen and oxygen atoms in total. The van der Waals surface area contributed by atoms with Crippen LogP contribution in [0.4, 0.5) is 4.79 Å². The molecule has 2 amide bonds. The van der Waals surface area contributed by atoms with Gasteiger partial charge in [0.25, 0.3) is 5.91 Å². The summed E-state index contributed by atoms with van der Waals surface area (Å²) in [6.07, 6.45) is -0.541. The molecule has 24 heavy (non-hydrogen) atoms. The molecule has 0 fully saturated rings. The first-order valence-corrected chi connectivity index (χ1v) is 7.46. The van der Waals surface area contributed by atoms with Crippen LogP contribution in [0.1, 0.15) is 21.5 Å². The van der Waals surface area contributed by atoms with Crippen molar-refractivity contribution in [3.63, 3.8) is 0 Å². The van der Waals surface area contributed by atoms with Crippen LogP contribution in [0.5, 0.6) is 0 Å². The van der Waals surface area contributed by atoms with Crippen LogP contribution in [0.3, 0.4) is 0 Å². The van der Waals surface area contributed by atoms with Gasteiger partial charge in [-0.3, -0.25) is 9.63 Å². The van der Waals surface area contributed by atoms with E-state index in [0.717, 1.165) is 10.6 Å². The van der Waals surface area contributed by atoms with Crippen LogP contribution in [0.15, 0.2) is 54.6 Å². The summed E-state index contributed by atoms with van der Waals surface area (Å²) in [5.74, 6) is -0.285. The molecule has 0 unspecified atom stereocenters. The number of carbonyl (C=O) groups excluding carboxylic acids is 2. The number of amides is 2. The molecule has 0 aliphatic carbocycles. The molecule has 6 heteroatoms. The number of nitrogens with one attached hydrogen (secondary N) is 1. The Bertz CT molecular complexity index is 688. The lowest BCUT2D eigenvalue weighted by molar-refractivity contribution is -0.0757. The molecular weight excluding hydrogens is 308 g/mol. The minimum Gasteiger partial charge on any atom is -0.445 e. The first-order chi connectivity index (χ1) is 11.6. The highest BCUT2D eigenvalue weighted by Crippen LogP contribution is 2.11. The van der Waals surface area contributed by atoms with Crippen LogP contribution in [0.25, 0.3) is 0 Å². The van der Waals surface area contributed by atoms with E-state index in [4.69, 9.17) is 9.57 Å². The lowest BCUT2D eigenvalue weighted by Crippen LogP contribution is -2.29. The van der Waals surface area contributed by atoms with Crippen LogP contribution in [-0.4, -0.2) is 31.2 Å². The fourth-order valence-corrected chi connectivity index (χ4v) is 2.08. The normalized spacial score (nSPS) is 10.1. The van der Waals surface area contributed by atoms with Gasteiger partial charge in [-0.05, 0) is 17.2 Å². The van der Waals surface area contributed by atoms with E-state index in [1.165, 1.54) is 14.2 Å². The van der Waals surface area contributed by atoms with Crippen molar-refractivity contribution < 1.29 is 19.2 Å². The highest BCUT2D eigenvalue weighted by molar-refractivity contribution is 5.94. The number of hydrogen-bond acceptors (Lipinski definition) is 4. The molecule has 0 heterocycles. The van der Waals surface area contributed by atoms with Crippen LogP contribution < -0.4 is 5.32 Å². The Morgan fingerprint density at radius 2 is 1.71 bits per heavy atom. The largest absolute Gasteiger partial charge is 0.445 e. The molecule has 2 rings (SSSR count). The zero-order valence-corrected chi connectivity index (χ0v) is 13.7. The second-order valence-corrected chi connectivity index (χ2v) is 5.06. The predicted molar refractivity (Wildman–Crippen MR) is 89.0 cm³/mol. The Labute approximate surface area is 140 Å². The summed E-state index contributed by atoms with van der Waals surface area (Å²) in [5, 5.41) is 3.78. The van der Waals surface area contributed by atoms with Crippen LogP contribution in [0.2, 0.25) is 0 Å². The van der Waals surface area contributed by atoms with E-state index in [1.54, 1.807) is 24.3 Å². The topological polar surface area (TPSA) is 67.9 Å². The van der Waals surface area contributed by atoms with Gasteiger partial charge in [-0.15, -0.1) is 0 Å². The fraction of sp³-hybridized carbons (Fsp3) is 0.222. The maximum absolute atomic E-state index is 12.2. The second-order valence-electron chi connectivity index (χ2n) is 5.06. The number of ether oxygens (including phenoxy) is 1. The third-order valence-electron chi connectivity index (χ3n) is 3.44. The number of benzene rings is 2. The van der Waals surface area contributed by atoms with E-state index >= 15 is 0 Å². The standard InChI is InChI=1S/C18H20N2O4/c1-20(23-2)17(21)16-11-7-6-10-15(16)12-19-18(22)24-13-14-8-4-3-5-9-14/h3-11H,12-13H2,1-2H3,(H,19,22). The van der Waals surface area contributed by atoms with Gasteiger partial charge in [0.05, 0.1) is 7.11 Å². The zero-order chi connectivity index (χ0) is 17.4. The lowest BCUT2D eigenvalue weighted by atomic mass is 10.1. The Balaban J connectivity index is 1.92. The number of carbonyl (C=O) groups is 2. The van der Waals surface area contributed by atoms with Crippen molar-refractivity contribution in [1.29, 1.82) is 0 Å². The fourth-order valence-electron chi connectivity index (χ4n) is 2.08. The molecule has 0 saturated heterocycles. The van der Waals surface area contributed by atoms with E-state index < -0.39 is 6.09 Å². The van der Waals surface area contributed by atoms with Gasteiger partial charge >= 0.3 is 6.09 Å². The van der Waals surface area contributed by atoms with Crippen LogP contribution in [-0.2, 0) is 22.7 Å². The van der Waals surface area contributed by atoms with Gasteiger partial charge in [0.2, 0.25) is 0 Å². The van der Waals surface area contributed by atoms with Gasteiger partial charge in [0.1, 0.15) is 6.61 Å². The summed E-state index contributed by atoms with van der Waals surface area (Å²) >= 11 is 0. The Morgan fingerprint density at radius 1 is 1.04 bits per heavy atom. The molecule has 0 aromatic heterocycles. The molecule has 0 aliphatic rings. The van der Waals surface area contributed by atoms with E-state index in [-0.39, 0.29) is 19.1 Å². The summed E-state index contributed by atoms with van der Waals surface area (Å²) < 4.78 is 5.15. The summed E-state index contributed by atoms with van der Waals surface area (Å²) in [4.78, 5) is 28.9. The van der Waals surface area contributed by atoms with Crippen molar-refractivity contribution in [3.8, 4) is 0 Å². The average molecular weight is 328 g/mol. The number of hydroxylamine groups is 2. The van der Waals surface area contributed by atoms with Crippen molar-refractivity contribution in [1.82, 2.24) is 10.4 Å². The van der Waals surface area contributed by atoms with Crippen molar-refractivity contribution >= 4 is 12.0 Å². The van der Waals surface area contributed by atoms with Gasteiger partial charge in [-0.1, -0.05) is 48.5 Å². The molecule has 1 N–H and O–H groups in total. The highest BCUT2D eigenvalue weighted by atomic mass is 16.7. The lowest BCUT2D eigenvalue weighted by Gasteiger charge is -2.16. The van der Waals surface area contributed by atoms with Gasteiger partial charge in [-0.2, -0.15) is 0 Å². The average Bonchev–Trinajstić information content (AvgIpc) is 2.64. The van der Waals surface area contributed by atoms with Crippen LogP contribution in [0, 0.1) is 0 Å². The second kappa shape index (κ2) is 8.69. The molecule has 2 aromatic rings. The molecule has 2 aromatic carbocycles. The van der Waals surface area contributed by atoms with Crippen LogP contribution >= 0.6 is 0 Å². The Morgan fingerprint density at radius 3 is 2.42 bits per heavy atom. The van der Waals surface area contributed by atoms with Gasteiger partial charge in [0, 0.05) is 19.2 Å². The van der Waals surface area contributed by atoms with Crippen molar-refractivity contribution in [2.24, 2.45) is 0 Å². The molecule has 0 radical (unpaired) electrons. The van der Waals surface area contributed by atoms with Gasteiger partial charge in [-0.25, -0.2) is 9.86 Å². The smallest absolute Gasteiger partial charge is 0.407 e.